The molecule has 0 aliphatic heterocycles. The van der Waals surface area contributed by atoms with Crippen LogP contribution < -0.4 is 5.32 Å². The van der Waals surface area contributed by atoms with Gasteiger partial charge in [-0.05, 0) is 53.2 Å². The smallest absolute Gasteiger partial charge is 0.249 e. The van der Waals surface area contributed by atoms with Gasteiger partial charge in [-0.1, -0.05) is 26.0 Å². The van der Waals surface area contributed by atoms with Gasteiger partial charge in [-0.25, -0.2) is 14.1 Å². The Labute approximate surface area is 172 Å². The number of nitrogens with zero attached hydrogens (tertiary/aromatic N) is 5. The molecule has 0 aliphatic rings. The molecular weight excluding hydrogens is 387 g/mol. The minimum Gasteiger partial charge on any atom is -0.440 e. The van der Waals surface area contributed by atoms with Gasteiger partial charge in [0, 0.05) is 18.0 Å². The quantitative estimate of drug-likeness (QED) is 0.521. The summed E-state index contributed by atoms with van der Waals surface area (Å²) in [5, 5.41) is 14.4. The number of hydrogen-bond donors (Lipinski definition) is 1. The third-order valence-electron chi connectivity index (χ3n) is 4.76. The third-order valence-corrected chi connectivity index (χ3v) is 4.76. The number of tetrazole rings is 1. The van der Waals surface area contributed by atoms with E-state index in [1.807, 2.05) is 13.8 Å². The molecule has 30 heavy (non-hydrogen) atoms. The number of hydrogen-bond acceptors (Lipinski definition) is 6. The van der Waals surface area contributed by atoms with Crippen molar-refractivity contribution >= 4 is 22.7 Å². The standard InChI is InChI=1S/C21H21FN6O2/c1-12(2)21-24-17-11-16(8-9-19(17)30-21)23-20(29)18(28-13(3)25-26-27-28)10-14-4-6-15(22)7-5-14/h4-9,11-12,18H,10H2,1-3H3,(H,23,29). The number of carbonyl (C=O) groups is 1. The first kappa shape index (κ1) is 19.7. The molecule has 0 saturated carbocycles. The zero-order chi connectivity index (χ0) is 21.3. The predicted octanol–water partition coefficient (Wildman–Crippen LogP) is 3.81. The molecule has 1 amide bonds. The Balaban J connectivity index is 1.60. The van der Waals surface area contributed by atoms with Crippen molar-refractivity contribution in [3.05, 3.63) is 65.6 Å². The number of aryl methyl sites for hydroxylation is 1. The van der Waals surface area contributed by atoms with Crippen molar-refractivity contribution in [2.24, 2.45) is 0 Å². The fourth-order valence-electron chi connectivity index (χ4n) is 3.16. The highest BCUT2D eigenvalue weighted by molar-refractivity contribution is 5.95. The van der Waals surface area contributed by atoms with E-state index < -0.39 is 6.04 Å². The molecule has 4 rings (SSSR count). The minimum atomic E-state index is -0.704. The topological polar surface area (TPSA) is 98.7 Å². The maximum atomic E-state index is 13.3. The molecule has 2 aromatic heterocycles. The summed E-state index contributed by atoms with van der Waals surface area (Å²) in [4.78, 5) is 17.6. The van der Waals surface area contributed by atoms with E-state index in [1.54, 1.807) is 37.3 Å². The Morgan fingerprint density at radius 1 is 1.20 bits per heavy atom. The number of aromatic nitrogens is 5. The van der Waals surface area contributed by atoms with Gasteiger partial charge in [0.05, 0.1) is 0 Å². The van der Waals surface area contributed by atoms with Gasteiger partial charge in [0.15, 0.2) is 11.5 Å². The Hall–Kier alpha value is -3.62. The van der Waals surface area contributed by atoms with Crippen LogP contribution in [0, 0.1) is 12.7 Å². The highest BCUT2D eigenvalue weighted by Crippen LogP contribution is 2.25. The molecule has 9 heteroatoms. The number of amides is 1. The molecule has 1 atom stereocenters. The number of nitrogens with one attached hydrogen (secondary N) is 1. The monoisotopic (exact) mass is 408 g/mol. The molecule has 0 bridgehead atoms. The summed E-state index contributed by atoms with van der Waals surface area (Å²) in [7, 11) is 0. The van der Waals surface area contributed by atoms with Gasteiger partial charge < -0.3 is 9.73 Å². The van der Waals surface area contributed by atoms with Crippen LogP contribution in [0.5, 0.6) is 0 Å². The third kappa shape index (κ3) is 4.05. The van der Waals surface area contributed by atoms with Gasteiger partial charge in [0.1, 0.15) is 23.2 Å². The number of fused-ring (bicyclic) bond motifs is 1. The number of rotatable bonds is 6. The summed E-state index contributed by atoms with van der Waals surface area (Å²) in [6.07, 6.45) is 0.307. The number of anilines is 1. The fourth-order valence-corrected chi connectivity index (χ4v) is 3.16. The van der Waals surface area contributed by atoms with Crippen LogP contribution in [0.2, 0.25) is 0 Å². The second kappa shape index (κ2) is 8.02. The average Bonchev–Trinajstić information content (AvgIpc) is 3.33. The lowest BCUT2D eigenvalue weighted by atomic mass is 10.0. The maximum absolute atomic E-state index is 13.3. The number of oxazole rings is 1. The molecule has 154 valence electrons. The number of benzene rings is 2. The van der Waals surface area contributed by atoms with Crippen LogP contribution in [-0.4, -0.2) is 31.1 Å². The lowest BCUT2D eigenvalue weighted by molar-refractivity contribution is -0.119. The van der Waals surface area contributed by atoms with Crippen LogP contribution in [-0.2, 0) is 11.2 Å². The van der Waals surface area contributed by atoms with E-state index in [0.717, 1.165) is 5.56 Å². The van der Waals surface area contributed by atoms with Crippen molar-refractivity contribution in [3.63, 3.8) is 0 Å². The first-order chi connectivity index (χ1) is 14.4. The van der Waals surface area contributed by atoms with Crippen LogP contribution in [0.4, 0.5) is 10.1 Å². The molecule has 2 heterocycles. The Morgan fingerprint density at radius 3 is 2.63 bits per heavy atom. The Kier molecular flexibility index (Phi) is 5.26. The molecule has 0 aliphatic carbocycles. The number of halogens is 1. The predicted molar refractivity (Wildman–Crippen MR) is 108 cm³/mol. The summed E-state index contributed by atoms with van der Waals surface area (Å²) in [5.74, 6) is 0.692. The van der Waals surface area contributed by atoms with Gasteiger partial charge in [0.25, 0.3) is 0 Å². The molecule has 4 aromatic rings. The van der Waals surface area contributed by atoms with Gasteiger partial charge >= 0.3 is 0 Å². The number of carbonyl (C=O) groups excluding carboxylic acids is 1. The Morgan fingerprint density at radius 2 is 1.97 bits per heavy atom. The largest absolute Gasteiger partial charge is 0.440 e. The molecule has 0 saturated heterocycles. The Bertz CT molecular complexity index is 1180. The van der Waals surface area contributed by atoms with Crippen molar-refractivity contribution in [1.82, 2.24) is 25.2 Å². The van der Waals surface area contributed by atoms with Crippen molar-refractivity contribution in [2.75, 3.05) is 5.32 Å². The summed E-state index contributed by atoms with van der Waals surface area (Å²) >= 11 is 0. The zero-order valence-electron chi connectivity index (χ0n) is 16.8. The second-order valence-corrected chi connectivity index (χ2v) is 7.40. The van der Waals surface area contributed by atoms with Gasteiger partial charge in [0.2, 0.25) is 5.91 Å². The average molecular weight is 408 g/mol. The van der Waals surface area contributed by atoms with E-state index in [4.69, 9.17) is 4.42 Å². The lowest BCUT2D eigenvalue weighted by Crippen LogP contribution is -2.29. The summed E-state index contributed by atoms with van der Waals surface area (Å²) in [5.41, 5.74) is 2.71. The van der Waals surface area contributed by atoms with Crippen molar-refractivity contribution < 1.29 is 13.6 Å². The van der Waals surface area contributed by atoms with E-state index in [9.17, 15) is 9.18 Å². The molecule has 0 spiro atoms. The van der Waals surface area contributed by atoms with Crippen molar-refractivity contribution in [2.45, 2.75) is 39.2 Å². The van der Waals surface area contributed by atoms with Crippen LogP contribution in [0.1, 0.15) is 43.1 Å². The first-order valence-corrected chi connectivity index (χ1v) is 9.61. The normalized spacial score (nSPS) is 12.4. The van der Waals surface area contributed by atoms with Gasteiger partial charge in [-0.2, -0.15) is 0 Å². The van der Waals surface area contributed by atoms with Gasteiger partial charge in [-0.15, -0.1) is 5.10 Å². The van der Waals surface area contributed by atoms with E-state index in [-0.39, 0.29) is 17.6 Å². The molecular formula is C21H21FN6O2. The fraction of sp³-hybridized carbons (Fsp3) is 0.286. The molecule has 2 aromatic carbocycles. The molecule has 8 nitrogen and oxygen atoms in total. The highest BCUT2D eigenvalue weighted by Gasteiger charge is 2.25. The maximum Gasteiger partial charge on any atom is 0.249 e. The van der Waals surface area contributed by atoms with Gasteiger partial charge in [-0.3, -0.25) is 4.79 Å². The van der Waals surface area contributed by atoms with Crippen LogP contribution in [0.15, 0.2) is 46.9 Å². The summed E-state index contributed by atoms with van der Waals surface area (Å²) < 4.78 is 20.4. The van der Waals surface area contributed by atoms with Crippen LogP contribution >= 0.6 is 0 Å². The molecule has 1 N–H and O–H groups in total. The molecule has 0 fully saturated rings. The molecule has 0 radical (unpaired) electrons. The zero-order valence-corrected chi connectivity index (χ0v) is 16.8. The first-order valence-electron chi connectivity index (χ1n) is 9.61. The molecule has 1 unspecified atom stereocenters. The van der Waals surface area contributed by atoms with E-state index >= 15 is 0 Å². The SMILES string of the molecule is Cc1nnnn1C(Cc1ccc(F)cc1)C(=O)Nc1ccc2oc(C(C)C)nc2c1. The minimum absolute atomic E-state index is 0.165. The highest BCUT2D eigenvalue weighted by atomic mass is 19.1. The van der Waals surface area contributed by atoms with E-state index in [2.05, 4.69) is 25.8 Å². The van der Waals surface area contributed by atoms with Crippen molar-refractivity contribution in [3.8, 4) is 0 Å². The summed E-state index contributed by atoms with van der Waals surface area (Å²) in [6, 6.07) is 10.6. The van der Waals surface area contributed by atoms with Crippen molar-refractivity contribution in [1.29, 1.82) is 0 Å². The van der Waals surface area contributed by atoms with Crippen LogP contribution in [0.3, 0.4) is 0 Å². The lowest BCUT2D eigenvalue weighted by Gasteiger charge is -2.17. The van der Waals surface area contributed by atoms with Crippen LogP contribution in [0.25, 0.3) is 11.1 Å². The second-order valence-electron chi connectivity index (χ2n) is 7.40. The summed E-state index contributed by atoms with van der Waals surface area (Å²) in [6.45, 7) is 5.73. The van der Waals surface area contributed by atoms with E-state index in [1.165, 1.54) is 16.8 Å². The van der Waals surface area contributed by atoms with E-state index in [0.29, 0.717) is 34.9 Å².